The molecule has 0 amide bonds. The van der Waals surface area contributed by atoms with Gasteiger partial charge < -0.3 is 5.32 Å². The van der Waals surface area contributed by atoms with Gasteiger partial charge in [-0.25, -0.2) is 0 Å². The Bertz CT molecular complexity index is 735. The Morgan fingerprint density at radius 2 is 1.87 bits per heavy atom. The lowest BCUT2D eigenvalue weighted by molar-refractivity contribution is 0.552. The Hall–Kier alpha value is -2.53. The smallest absolute Gasteiger partial charge is 0.205 e. The monoisotopic (exact) mass is 307 g/mol. The number of H-pyrrole nitrogens is 1. The molecule has 0 aliphatic heterocycles. The summed E-state index contributed by atoms with van der Waals surface area (Å²) in [6, 6.07) is 16.7. The number of hydrogen-bond donors (Lipinski definition) is 2. The molecule has 5 heteroatoms. The van der Waals surface area contributed by atoms with Crippen LogP contribution < -0.4 is 5.32 Å². The molecular formula is C18H21N5. The molecule has 0 aliphatic carbocycles. The minimum absolute atomic E-state index is 0.620. The molecule has 0 atom stereocenters. The van der Waals surface area contributed by atoms with Crippen molar-refractivity contribution in [2.75, 3.05) is 6.54 Å². The second kappa shape index (κ2) is 7.15. The van der Waals surface area contributed by atoms with E-state index in [1.54, 1.807) is 0 Å². The standard InChI is InChI=1S/C18H21N5/c1-13(2)11-19-12-14-8-9-16(15-6-4-3-5-7-15)17(10-14)18-20-22-23-21-18/h3-10,13,19H,11-12H2,1-2H3,(H,20,21,22,23). The predicted molar refractivity (Wildman–Crippen MR) is 91.6 cm³/mol. The Kier molecular flexibility index (Phi) is 4.78. The number of rotatable bonds is 6. The van der Waals surface area contributed by atoms with Gasteiger partial charge in [0.15, 0.2) is 0 Å². The van der Waals surface area contributed by atoms with Crippen molar-refractivity contribution >= 4 is 0 Å². The van der Waals surface area contributed by atoms with Crippen LogP contribution in [0.4, 0.5) is 0 Å². The molecule has 0 saturated heterocycles. The normalized spacial score (nSPS) is 11.1. The van der Waals surface area contributed by atoms with Crippen molar-refractivity contribution in [2.24, 2.45) is 5.92 Å². The molecule has 0 saturated carbocycles. The minimum Gasteiger partial charge on any atom is -0.312 e. The van der Waals surface area contributed by atoms with Gasteiger partial charge in [0.05, 0.1) is 0 Å². The average molecular weight is 307 g/mol. The highest BCUT2D eigenvalue weighted by molar-refractivity contribution is 5.80. The molecule has 0 spiro atoms. The number of aromatic nitrogens is 4. The van der Waals surface area contributed by atoms with E-state index >= 15 is 0 Å². The fourth-order valence-electron chi connectivity index (χ4n) is 2.54. The second-order valence-corrected chi connectivity index (χ2v) is 6.01. The summed E-state index contributed by atoms with van der Waals surface area (Å²) in [6.07, 6.45) is 0. The Morgan fingerprint density at radius 3 is 2.57 bits per heavy atom. The minimum atomic E-state index is 0.620. The maximum absolute atomic E-state index is 4.15. The summed E-state index contributed by atoms with van der Waals surface area (Å²) >= 11 is 0. The SMILES string of the molecule is CC(C)CNCc1ccc(-c2ccccc2)c(-c2nn[nH]n2)c1. The fraction of sp³-hybridized carbons (Fsp3) is 0.278. The molecule has 3 rings (SSSR count). The van der Waals surface area contributed by atoms with Crippen LogP contribution in [0.15, 0.2) is 48.5 Å². The molecule has 2 N–H and O–H groups in total. The molecule has 0 bridgehead atoms. The summed E-state index contributed by atoms with van der Waals surface area (Å²) in [5, 5.41) is 18.0. The molecule has 0 aliphatic rings. The summed E-state index contributed by atoms with van der Waals surface area (Å²) in [6.45, 7) is 6.24. The van der Waals surface area contributed by atoms with Crippen molar-refractivity contribution in [3.63, 3.8) is 0 Å². The Balaban J connectivity index is 1.94. The third-order valence-electron chi connectivity index (χ3n) is 3.64. The first kappa shape index (κ1) is 15.4. The Morgan fingerprint density at radius 1 is 1.04 bits per heavy atom. The first-order valence-electron chi connectivity index (χ1n) is 7.87. The Labute approximate surface area is 136 Å². The van der Waals surface area contributed by atoms with E-state index in [2.05, 4.69) is 70.1 Å². The molecule has 3 aromatic rings. The predicted octanol–water partition coefficient (Wildman–Crippen LogP) is 3.28. The van der Waals surface area contributed by atoms with Crippen LogP contribution in [0.25, 0.3) is 22.5 Å². The van der Waals surface area contributed by atoms with E-state index in [9.17, 15) is 0 Å². The number of hydrogen-bond acceptors (Lipinski definition) is 4. The molecule has 118 valence electrons. The van der Waals surface area contributed by atoms with Gasteiger partial charge in [-0.05, 0) is 40.4 Å². The zero-order valence-electron chi connectivity index (χ0n) is 13.5. The van der Waals surface area contributed by atoms with Crippen LogP contribution >= 0.6 is 0 Å². The van der Waals surface area contributed by atoms with E-state index in [-0.39, 0.29) is 0 Å². The highest BCUT2D eigenvalue weighted by Crippen LogP contribution is 2.30. The maximum atomic E-state index is 4.15. The molecule has 0 unspecified atom stereocenters. The number of nitrogens with one attached hydrogen (secondary N) is 2. The van der Waals surface area contributed by atoms with Gasteiger partial charge in [0.2, 0.25) is 5.82 Å². The maximum Gasteiger partial charge on any atom is 0.205 e. The largest absolute Gasteiger partial charge is 0.312 e. The third-order valence-corrected chi connectivity index (χ3v) is 3.64. The summed E-state index contributed by atoms with van der Waals surface area (Å²) in [4.78, 5) is 0. The molecule has 0 fully saturated rings. The lowest BCUT2D eigenvalue weighted by atomic mass is 9.97. The topological polar surface area (TPSA) is 66.5 Å². The van der Waals surface area contributed by atoms with Crippen molar-refractivity contribution in [2.45, 2.75) is 20.4 Å². The zero-order valence-corrected chi connectivity index (χ0v) is 13.5. The fourth-order valence-corrected chi connectivity index (χ4v) is 2.54. The van der Waals surface area contributed by atoms with Crippen LogP contribution in [0.2, 0.25) is 0 Å². The van der Waals surface area contributed by atoms with Crippen LogP contribution in [0.5, 0.6) is 0 Å². The van der Waals surface area contributed by atoms with Gasteiger partial charge in [0.25, 0.3) is 0 Å². The third kappa shape index (κ3) is 3.81. The molecule has 2 aromatic carbocycles. The lowest BCUT2D eigenvalue weighted by Crippen LogP contribution is -2.18. The van der Waals surface area contributed by atoms with E-state index in [4.69, 9.17) is 0 Å². The van der Waals surface area contributed by atoms with Gasteiger partial charge in [-0.2, -0.15) is 5.21 Å². The van der Waals surface area contributed by atoms with Crippen molar-refractivity contribution < 1.29 is 0 Å². The first-order chi connectivity index (χ1) is 11.2. The summed E-state index contributed by atoms with van der Waals surface area (Å²) < 4.78 is 0. The second-order valence-electron chi connectivity index (χ2n) is 6.01. The molecule has 1 aromatic heterocycles. The van der Waals surface area contributed by atoms with Gasteiger partial charge in [0, 0.05) is 12.1 Å². The first-order valence-corrected chi connectivity index (χ1v) is 7.87. The lowest BCUT2D eigenvalue weighted by Gasteiger charge is -2.11. The molecule has 23 heavy (non-hydrogen) atoms. The highest BCUT2D eigenvalue weighted by atomic mass is 15.5. The van der Waals surface area contributed by atoms with E-state index in [1.807, 2.05) is 18.2 Å². The van der Waals surface area contributed by atoms with Crippen LogP contribution in [-0.4, -0.2) is 27.2 Å². The summed E-state index contributed by atoms with van der Waals surface area (Å²) in [7, 11) is 0. The van der Waals surface area contributed by atoms with Crippen LogP contribution in [0, 0.1) is 5.92 Å². The number of nitrogens with zero attached hydrogens (tertiary/aromatic N) is 3. The van der Waals surface area contributed by atoms with Gasteiger partial charge in [-0.1, -0.05) is 56.3 Å². The van der Waals surface area contributed by atoms with Crippen molar-refractivity contribution in [1.82, 2.24) is 25.9 Å². The van der Waals surface area contributed by atoms with Gasteiger partial charge in [-0.3, -0.25) is 0 Å². The van der Waals surface area contributed by atoms with E-state index in [1.165, 1.54) is 5.56 Å². The molecule has 5 nitrogen and oxygen atoms in total. The molecule has 1 heterocycles. The van der Waals surface area contributed by atoms with Crippen molar-refractivity contribution in [3.8, 4) is 22.5 Å². The van der Waals surface area contributed by atoms with Crippen molar-refractivity contribution in [1.29, 1.82) is 0 Å². The average Bonchev–Trinajstić information content (AvgIpc) is 3.10. The number of tetrazole rings is 1. The van der Waals surface area contributed by atoms with Crippen LogP contribution in [-0.2, 0) is 6.54 Å². The van der Waals surface area contributed by atoms with Crippen molar-refractivity contribution in [3.05, 3.63) is 54.1 Å². The van der Waals surface area contributed by atoms with E-state index in [0.29, 0.717) is 11.7 Å². The van der Waals surface area contributed by atoms with Crippen LogP contribution in [0.1, 0.15) is 19.4 Å². The van der Waals surface area contributed by atoms with Gasteiger partial charge in [0.1, 0.15) is 0 Å². The zero-order chi connectivity index (χ0) is 16.1. The quantitative estimate of drug-likeness (QED) is 0.733. The molecule has 0 radical (unpaired) electrons. The highest BCUT2D eigenvalue weighted by Gasteiger charge is 2.12. The van der Waals surface area contributed by atoms with Gasteiger partial charge in [-0.15, -0.1) is 10.2 Å². The molecular weight excluding hydrogens is 286 g/mol. The van der Waals surface area contributed by atoms with Crippen LogP contribution in [0.3, 0.4) is 0 Å². The summed E-state index contributed by atoms with van der Waals surface area (Å²) in [5.41, 5.74) is 4.47. The van der Waals surface area contributed by atoms with E-state index < -0.39 is 0 Å². The number of aromatic amines is 1. The van der Waals surface area contributed by atoms with Gasteiger partial charge >= 0.3 is 0 Å². The van der Waals surface area contributed by atoms with E-state index in [0.717, 1.165) is 29.8 Å². The summed E-state index contributed by atoms with van der Waals surface area (Å²) in [5.74, 6) is 1.25. The number of benzene rings is 2.